The van der Waals surface area contributed by atoms with Crippen LogP contribution in [0.1, 0.15) is 44.4 Å². The van der Waals surface area contributed by atoms with Gasteiger partial charge < -0.3 is 10.0 Å². The van der Waals surface area contributed by atoms with Crippen molar-refractivity contribution in [2.75, 3.05) is 19.6 Å². The smallest absolute Gasteiger partial charge is 0.106 e. The molecule has 0 aliphatic carbocycles. The lowest BCUT2D eigenvalue weighted by Gasteiger charge is -2.36. The van der Waals surface area contributed by atoms with Crippen LogP contribution in [0, 0.1) is 12.3 Å². The van der Waals surface area contributed by atoms with E-state index in [9.17, 15) is 5.11 Å². The van der Waals surface area contributed by atoms with Gasteiger partial charge in [0.15, 0.2) is 0 Å². The van der Waals surface area contributed by atoms with Gasteiger partial charge in [0.05, 0.1) is 18.0 Å². The second-order valence-electron chi connectivity index (χ2n) is 7.90. The van der Waals surface area contributed by atoms with Crippen molar-refractivity contribution in [3.63, 3.8) is 0 Å². The molecule has 0 radical (unpaired) electrons. The van der Waals surface area contributed by atoms with Crippen molar-refractivity contribution < 1.29 is 5.11 Å². The first kappa shape index (κ1) is 17.4. The lowest BCUT2D eigenvalue weighted by atomic mass is 9.94. The molecule has 4 rings (SSSR count). The number of nitrogens with one attached hydrogen (secondary N) is 1. The Kier molecular flexibility index (Phi) is 4.24. The van der Waals surface area contributed by atoms with E-state index in [-0.39, 0.29) is 0 Å². The summed E-state index contributed by atoms with van der Waals surface area (Å²) in [4.78, 5) is 9.05. The number of rotatable bonds is 3. The van der Waals surface area contributed by atoms with Gasteiger partial charge in [-0.25, -0.2) is 0 Å². The van der Waals surface area contributed by atoms with E-state index in [1.165, 1.54) is 17.7 Å². The maximum absolute atomic E-state index is 11.2. The quantitative estimate of drug-likeness (QED) is 0.878. The Balaban J connectivity index is 1.68. The maximum atomic E-state index is 11.2. The van der Waals surface area contributed by atoms with E-state index in [4.69, 9.17) is 5.41 Å². The van der Waals surface area contributed by atoms with E-state index in [2.05, 4.69) is 14.8 Å². The van der Waals surface area contributed by atoms with Crippen molar-refractivity contribution in [2.24, 2.45) is 0 Å². The normalized spacial score (nSPS) is 27.1. The average molecular weight is 352 g/mol. The number of aryl methyl sites for hydroxylation is 1. The zero-order valence-corrected chi connectivity index (χ0v) is 15.9. The standard InChI is InChI=1S/C21H28N4O/c1-4-16-20(22)19-17-6-5-10-24(17)11-9-18(19)25(16)13-21(3,26)15-8-7-14(2)23-12-15/h4,7-8,12,17,22,26H,5-6,9-11,13H2,1-3H3/b16-4+,22-20?. The lowest BCUT2D eigenvalue weighted by molar-refractivity contribution is 0.0334. The minimum atomic E-state index is -1.02. The van der Waals surface area contributed by atoms with Crippen molar-refractivity contribution in [3.8, 4) is 0 Å². The molecular formula is C21H28N4O. The Bertz CT molecular complexity index is 791. The molecule has 0 amide bonds. The fraction of sp³-hybridized carbons (Fsp3) is 0.524. The van der Waals surface area contributed by atoms with Crippen molar-refractivity contribution in [1.82, 2.24) is 14.8 Å². The highest BCUT2D eigenvalue weighted by Gasteiger charge is 2.44. The molecule has 2 N–H and O–H groups in total. The number of β-amino-alcohol motifs (C(OH)–C–C–N with tert-alkyl or cyclic N) is 1. The molecule has 1 aromatic rings. The highest BCUT2D eigenvalue weighted by Crippen LogP contribution is 2.42. The minimum absolute atomic E-state index is 0.386. The molecule has 0 bridgehead atoms. The number of aromatic nitrogens is 1. The van der Waals surface area contributed by atoms with E-state index in [1.54, 1.807) is 6.20 Å². The summed E-state index contributed by atoms with van der Waals surface area (Å²) in [6, 6.07) is 4.28. The fourth-order valence-corrected chi connectivity index (χ4v) is 4.67. The van der Waals surface area contributed by atoms with Gasteiger partial charge in [-0.15, -0.1) is 0 Å². The van der Waals surface area contributed by atoms with Crippen LogP contribution in [0.3, 0.4) is 0 Å². The first-order valence-electron chi connectivity index (χ1n) is 9.58. The van der Waals surface area contributed by atoms with Gasteiger partial charge in [-0.3, -0.25) is 15.3 Å². The van der Waals surface area contributed by atoms with Gasteiger partial charge in [0, 0.05) is 47.7 Å². The third-order valence-electron chi connectivity index (χ3n) is 6.06. The minimum Gasteiger partial charge on any atom is -0.384 e. The number of allylic oxidation sites excluding steroid dienone is 2. The molecule has 2 atom stereocenters. The van der Waals surface area contributed by atoms with Crippen LogP contribution in [0.5, 0.6) is 0 Å². The Morgan fingerprint density at radius 1 is 1.38 bits per heavy atom. The van der Waals surface area contributed by atoms with E-state index in [0.29, 0.717) is 18.3 Å². The van der Waals surface area contributed by atoms with Crippen LogP contribution in [0.2, 0.25) is 0 Å². The lowest BCUT2D eigenvalue weighted by Crippen LogP contribution is -2.40. The first-order chi connectivity index (χ1) is 12.4. The second-order valence-corrected chi connectivity index (χ2v) is 7.90. The van der Waals surface area contributed by atoms with Gasteiger partial charge in [0.25, 0.3) is 0 Å². The number of fused-ring (bicyclic) bond motifs is 2. The molecule has 3 aliphatic rings. The van der Waals surface area contributed by atoms with Crippen LogP contribution < -0.4 is 0 Å². The molecular weight excluding hydrogens is 324 g/mol. The summed E-state index contributed by atoms with van der Waals surface area (Å²) in [5.74, 6) is 0. The summed E-state index contributed by atoms with van der Waals surface area (Å²) in [7, 11) is 0. The summed E-state index contributed by atoms with van der Waals surface area (Å²) in [5, 5.41) is 20.0. The SMILES string of the molecule is C/C=C1\C(=N)C2=C(CCN3CCCC23)N1CC(C)(O)c1ccc(C)nc1. The first-order valence-corrected chi connectivity index (χ1v) is 9.58. The molecule has 0 aromatic carbocycles. The zero-order valence-electron chi connectivity index (χ0n) is 15.9. The summed E-state index contributed by atoms with van der Waals surface area (Å²) in [6.45, 7) is 8.44. The molecule has 5 nitrogen and oxygen atoms in total. The third kappa shape index (κ3) is 2.70. The number of pyridine rings is 1. The van der Waals surface area contributed by atoms with Gasteiger partial charge in [-0.05, 0) is 46.2 Å². The molecule has 0 spiro atoms. The van der Waals surface area contributed by atoms with Crippen LogP contribution in [-0.4, -0.2) is 51.3 Å². The van der Waals surface area contributed by atoms with Gasteiger partial charge >= 0.3 is 0 Å². The summed E-state index contributed by atoms with van der Waals surface area (Å²) in [5.41, 5.74) is 4.76. The zero-order chi connectivity index (χ0) is 18.5. The van der Waals surface area contributed by atoms with Crippen molar-refractivity contribution in [3.05, 3.63) is 52.6 Å². The molecule has 1 saturated heterocycles. The summed E-state index contributed by atoms with van der Waals surface area (Å²) >= 11 is 0. The second kappa shape index (κ2) is 6.32. The average Bonchev–Trinajstić information content (AvgIpc) is 3.18. The van der Waals surface area contributed by atoms with E-state index in [1.807, 2.05) is 39.0 Å². The molecule has 138 valence electrons. The number of nitrogens with zero attached hydrogens (tertiary/aromatic N) is 3. The molecule has 1 fully saturated rings. The predicted octanol–water partition coefficient (Wildman–Crippen LogP) is 2.96. The Morgan fingerprint density at radius 2 is 2.19 bits per heavy atom. The van der Waals surface area contributed by atoms with Crippen molar-refractivity contribution in [2.45, 2.75) is 51.7 Å². The molecule has 0 saturated carbocycles. The Hall–Kier alpha value is -1.98. The highest BCUT2D eigenvalue weighted by molar-refractivity contribution is 6.14. The summed E-state index contributed by atoms with van der Waals surface area (Å²) < 4.78 is 0. The van der Waals surface area contributed by atoms with E-state index >= 15 is 0 Å². The maximum Gasteiger partial charge on any atom is 0.106 e. The van der Waals surface area contributed by atoms with Gasteiger partial charge in [0.1, 0.15) is 5.60 Å². The van der Waals surface area contributed by atoms with Crippen LogP contribution in [0.4, 0.5) is 0 Å². The largest absolute Gasteiger partial charge is 0.384 e. The monoisotopic (exact) mass is 352 g/mol. The topological polar surface area (TPSA) is 63.5 Å². The number of hydrogen-bond donors (Lipinski definition) is 2. The molecule has 3 aliphatic heterocycles. The molecule has 2 unspecified atom stereocenters. The number of aliphatic hydroxyl groups is 1. The molecule has 26 heavy (non-hydrogen) atoms. The van der Waals surface area contributed by atoms with Crippen molar-refractivity contribution in [1.29, 1.82) is 5.41 Å². The van der Waals surface area contributed by atoms with Gasteiger partial charge in [-0.2, -0.15) is 0 Å². The third-order valence-corrected chi connectivity index (χ3v) is 6.06. The number of hydrogen-bond acceptors (Lipinski definition) is 5. The van der Waals surface area contributed by atoms with Crippen LogP contribution in [0.25, 0.3) is 0 Å². The molecule has 1 aromatic heterocycles. The molecule has 5 heteroatoms. The van der Waals surface area contributed by atoms with Gasteiger partial charge in [0.2, 0.25) is 0 Å². The fourth-order valence-electron chi connectivity index (χ4n) is 4.67. The predicted molar refractivity (Wildman–Crippen MR) is 103 cm³/mol. The van der Waals surface area contributed by atoms with Crippen LogP contribution >= 0.6 is 0 Å². The van der Waals surface area contributed by atoms with Crippen LogP contribution in [-0.2, 0) is 5.60 Å². The van der Waals surface area contributed by atoms with Crippen molar-refractivity contribution >= 4 is 5.71 Å². The van der Waals surface area contributed by atoms with Crippen LogP contribution in [0.15, 0.2) is 41.4 Å². The van der Waals surface area contributed by atoms with Gasteiger partial charge in [-0.1, -0.05) is 12.1 Å². The highest BCUT2D eigenvalue weighted by atomic mass is 16.3. The Labute approximate surface area is 155 Å². The molecule has 4 heterocycles. The van der Waals surface area contributed by atoms with E-state index in [0.717, 1.165) is 42.9 Å². The Morgan fingerprint density at radius 3 is 2.88 bits per heavy atom. The van der Waals surface area contributed by atoms with E-state index < -0.39 is 5.60 Å². The summed E-state index contributed by atoms with van der Waals surface area (Å²) in [6.07, 6.45) is 7.09.